The van der Waals surface area contributed by atoms with Crippen LogP contribution in [0.4, 0.5) is 46.3 Å². The molecule has 1 atom stereocenters. The van der Waals surface area contributed by atoms with E-state index < -0.39 is 29.8 Å². The van der Waals surface area contributed by atoms with Crippen LogP contribution in [0.15, 0.2) is 48.5 Å². The van der Waals surface area contributed by atoms with Gasteiger partial charge in [-0.3, -0.25) is 0 Å². The largest absolute Gasteiger partial charge is 0.352 e. The molecule has 35 heavy (non-hydrogen) atoms. The molecule has 1 unspecified atom stereocenters. The SMILES string of the molecule is CS(=O)N(c1ccccc1Nc1cc(Nc2cccc(C#N)n2)nc2nc(C(F)F)[nH]c12)C(F)F. The molecule has 4 aromatic rings. The number of hydrogen-bond acceptors (Lipinski definition) is 7. The average molecular weight is 504 g/mol. The van der Waals surface area contributed by atoms with Crippen molar-refractivity contribution in [3.63, 3.8) is 0 Å². The van der Waals surface area contributed by atoms with Gasteiger partial charge in [0.15, 0.2) is 11.5 Å². The van der Waals surface area contributed by atoms with E-state index >= 15 is 0 Å². The van der Waals surface area contributed by atoms with Gasteiger partial charge >= 0.3 is 6.55 Å². The molecule has 0 saturated carbocycles. The Balaban J connectivity index is 1.81. The summed E-state index contributed by atoms with van der Waals surface area (Å²) in [7, 11) is -2.05. The minimum Gasteiger partial charge on any atom is -0.352 e. The summed E-state index contributed by atoms with van der Waals surface area (Å²) in [6.07, 6.45) is -1.80. The monoisotopic (exact) mass is 504 g/mol. The Morgan fingerprint density at radius 1 is 1.00 bits per heavy atom. The number of nitriles is 1. The van der Waals surface area contributed by atoms with Gasteiger partial charge in [0.25, 0.3) is 6.43 Å². The number of aromatic amines is 1. The lowest BCUT2D eigenvalue weighted by Gasteiger charge is -2.23. The van der Waals surface area contributed by atoms with Crippen LogP contribution in [0.2, 0.25) is 0 Å². The Kier molecular flexibility index (Phi) is 6.78. The van der Waals surface area contributed by atoms with Gasteiger partial charge in [-0.05, 0) is 24.3 Å². The van der Waals surface area contributed by atoms with Gasteiger partial charge in [-0.25, -0.2) is 32.2 Å². The van der Waals surface area contributed by atoms with Gasteiger partial charge in [0.05, 0.1) is 17.1 Å². The molecule has 0 bridgehead atoms. The molecular formula is C21H16F4N8OS. The fraction of sp³-hybridized carbons (Fsp3) is 0.143. The van der Waals surface area contributed by atoms with Crippen molar-refractivity contribution in [2.75, 3.05) is 21.2 Å². The molecule has 0 saturated heterocycles. The maximum absolute atomic E-state index is 13.6. The van der Waals surface area contributed by atoms with Crippen molar-refractivity contribution in [1.29, 1.82) is 5.26 Å². The van der Waals surface area contributed by atoms with Crippen LogP contribution >= 0.6 is 0 Å². The fourth-order valence-electron chi connectivity index (χ4n) is 3.24. The summed E-state index contributed by atoms with van der Waals surface area (Å²) >= 11 is 0. The first-order valence-electron chi connectivity index (χ1n) is 9.86. The van der Waals surface area contributed by atoms with E-state index in [4.69, 9.17) is 5.26 Å². The van der Waals surface area contributed by atoms with Crippen LogP contribution in [-0.2, 0) is 11.0 Å². The predicted molar refractivity (Wildman–Crippen MR) is 123 cm³/mol. The maximum atomic E-state index is 13.6. The van der Waals surface area contributed by atoms with Gasteiger partial charge in [-0.15, -0.1) is 0 Å². The minimum atomic E-state index is -3.06. The summed E-state index contributed by atoms with van der Waals surface area (Å²) in [4.78, 5) is 14.6. The standard InChI is InChI=1S/C21H16F4N8OS/c1-35(34)33(21(24)25)14-7-3-2-6-12(14)28-13-9-16(29-15-8-4-5-11(10-26)27-15)30-19-17(13)31-20(32-19)18(22)23/h2-9,18,21H,1H3,(H3,27,28,29,30,31,32). The summed E-state index contributed by atoms with van der Waals surface area (Å²) in [5.41, 5.74) is 0.408. The number of halogens is 4. The number of benzene rings is 1. The molecule has 3 heterocycles. The molecule has 180 valence electrons. The second kappa shape index (κ2) is 9.94. The number of pyridine rings is 2. The summed E-state index contributed by atoms with van der Waals surface area (Å²) in [6.45, 7) is -3.06. The highest BCUT2D eigenvalue weighted by molar-refractivity contribution is 7.85. The molecule has 3 N–H and O–H groups in total. The Morgan fingerprint density at radius 3 is 2.46 bits per heavy atom. The number of para-hydroxylation sites is 2. The average Bonchev–Trinajstić information content (AvgIpc) is 3.25. The third kappa shape index (κ3) is 5.14. The molecule has 0 fully saturated rings. The van der Waals surface area contributed by atoms with Crippen molar-refractivity contribution >= 4 is 50.8 Å². The van der Waals surface area contributed by atoms with Gasteiger partial charge in [0.1, 0.15) is 39.9 Å². The predicted octanol–water partition coefficient (Wildman–Crippen LogP) is 4.97. The Morgan fingerprint density at radius 2 is 1.77 bits per heavy atom. The van der Waals surface area contributed by atoms with Gasteiger partial charge < -0.3 is 15.6 Å². The third-order valence-corrected chi connectivity index (χ3v) is 5.58. The fourth-order valence-corrected chi connectivity index (χ4v) is 3.90. The van der Waals surface area contributed by atoms with Gasteiger partial charge in [-0.2, -0.15) is 14.0 Å². The van der Waals surface area contributed by atoms with Crippen LogP contribution in [-0.4, -0.2) is 36.9 Å². The molecule has 0 amide bonds. The second-order valence-corrected chi connectivity index (χ2v) is 8.23. The van der Waals surface area contributed by atoms with Crippen molar-refractivity contribution in [2.24, 2.45) is 0 Å². The van der Waals surface area contributed by atoms with E-state index in [-0.39, 0.29) is 45.6 Å². The lowest BCUT2D eigenvalue weighted by Crippen LogP contribution is -2.30. The van der Waals surface area contributed by atoms with E-state index in [1.165, 1.54) is 30.3 Å². The summed E-state index contributed by atoms with van der Waals surface area (Å²) < 4.78 is 66.3. The molecule has 0 aliphatic heterocycles. The van der Waals surface area contributed by atoms with Crippen molar-refractivity contribution < 1.29 is 21.8 Å². The summed E-state index contributed by atoms with van der Waals surface area (Å²) in [6, 6.07) is 13.9. The number of anilines is 5. The number of nitrogens with zero attached hydrogens (tertiary/aromatic N) is 5. The zero-order valence-electron chi connectivity index (χ0n) is 17.8. The first-order chi connectivity index (χ1) is 16.8. The van der Waals surface area contributed by atoms with Crippen LogP contribution in [0.1, 0.15) is 17.9 Å². The number of imidazole rings is 1. The van der Waals surface area contributed by atoms with Crippen molar-refractivity contribution in [3.05, 3.63) is 60.0 Å². The Bertz CT molecular complexity index is 1440. The highest BCUT2D eigenvalue weighted by Crippen LogP contribution is 2.35. The molecule has 0 spiro atoms. The number of rotatable bonds is 8. The van der Waals surface area contributed by atoms with Gasteiger partial charge in [0, 0.05) is 12.3 Å². The maximum Gasteiger partial charge on any atom is 0.326 e. The van der Waals surface area contributed by atoms with E-state index in [2.05, 4.69) is 30.6 Å². The van der Waals surface area contributed by atoms with Crippen LogP contribution in [0.3, 0.4) is 0 Å². The lowest BCUT2D eigenvalue weighted by molar-refractivity contribution is 0.142. The first-order valence-corrected chi connectivity index (χ1v) is 11.4. The van der Waals surface area contributed by atoms with Crippen LogP contribution in [0.5, 0.6) is 0 Å². The van der Waals surface area contributed by atoms with Crippen molar-refractivity contribution in [2.45, 2.75) is 13.0 Å². The molecule has 14 heteroatoms. The molecule has 3 aromatic heterocycles. The van der Waals surface area contributed by atoms with E-state index in [9.17, 15) is 21.8 Å². The normalized spacial score (nSPS) is 12.1. The summed E-state index contributed by atoms with van der Waals surface area (Å²) in [5, 5.41) is 14.9. The highest BCUT2D eigenvalue weighted by Gasteiger charge is 2.24. The molecule has 0 aliphatic carbocycles. The molecular weight excluding hydrogens is 488 g/mol. The zero-order chi connectivity index (χ0) is 25.1. The Hall–Kier alpha value is -4.25. The Labute approximate surface area is 198 Å². The smallest absolute Gasteiger partial charge is 0.326 e. The van der Waals surface area contributed by atoms with Gasteiger partial charge in [0.2, 0.25) is 0 Å². The molecule has 9 nitrogen and oxygen atoms in total. The number of alkyl halides is 4. The van der Waals surface area contributed by atoms with E-state index in [0.717, 1.165) is 6.26 Å². The highest BCUT2D eigenvalue weighted by atomic mass is 32.2. The number of fused-ring (bicyclic) bond motifs is 1. The first kappa shape index (κ1) is 23.9. The van der Waals surface area contributed by atoms with E-state index in [1.807, 2.05) is 6.07 Å². The quantitative estimate of drug-likeness (QED) is 0.229. The zero-order valence-corrected chi connectivity index (χ0v) is 18.7. The third-order valence-electron chi connectivity index (χ3n) is 4.67. The number of hydrogen-bond donors (Lipinski definition) is 3. The van der Waals surface area contributed by atoms with E-state index in [1.54, 1.807) is 18.2 Å². The molecule has 4 rings (SSSR count). The lowest BCUT2D eigenvalue weighted by atomic mass is 10.2. The molecule has 0 radical (unpaired) electrons. The van der Waals surface area contributed by atoms with Crippen LogP contribution in [0.25, 0.3) is 11.2 Å². The van der Waals surface area contributed by atoms with Crippen molar-refractivity contribution in [3.8, 4) is 6.07 Å². The van der Waals surface area contributed by atoms with Crippen LogP contribution in [0, 0.1) is 11.3 Å². The topological polar surface area (TPSA) is 123 Å². The van der Waals surface area contributed by atoms with Crippen LogP contribution < -0.4 is 14.9 Å². The molecule has 1 aromatic carbocycles. The number of H-pyrrole nitrogens is 1. The summed E-state index contributed by atoms with van der Waals surface area (Å²) in [5.74, 6) is -0.233. The van der Waals surface area contributed by atoms with Crippen molar-refractivity contribution in [1.82, 2.24) is 19.9 Å². The second-order valence-electron chi connectivity index (χ2n) is 6.99. The van der Waals surface area contributed by atoms with E-state index in [0.29, 0.717) is 4.31 Å². The minimum absolute atomic E-state index is 0.0696. The van der Waals surface area contributed by atoms with Gasteiger partial charge in [-0.1, -0.05) is 18.2 Å². The number of nitrogens with one attached hydrogen (secondary N) is 3. The molecule has 0 aliphatic rings. The number of aromatic nitrogens is 4.